The lowest BCUT2D eigenvalue weighted by Gasteiger charge is -2.26. The molecule has 0 amide bonds. The van der Waals surface area contributed by atoms with Gasteiger partial charge in [-0.3, -0.25) is 0 Å². The lowest BCUT2D eigenvalue weighted by atomic mass is 10.1. The van der Waals surface area contributed by atoms with Crippen molar-refractivity contribution in [1.82, 2.24) is 4.90 Å². The summed E-state index contributed by atoms with van der Waals surface area (Å²) in [5, 5.41) is 9.43. The van der Waals surface area contributed by atoms with Gasteiger partial charge in [-0.1, -0.05) is 31.0 Å². The maximum absolute atomic E-state index is 8.55. The molecule has 78 valence electrons. The van der Waals surface area contributed by atoms with Crippen LogP contribution in [0.4, 0.5) is 0 Å². The molecule has 1 aliphatic heterocycles. The molecule has 1 rings (SSSR count). The van der Waals surface area contributed by atoms with Gasteiger partial charge >= 0.3 is 0 Å². The van der Waals surface area contributed by atoms with Crippen molar-refractivity contribution in [3.8, 4) is 6.19 Å². The highest BCUT2D eigenvalue weighted by Crippen LogP contribution is 2.14. The van der Waals surface area contributed by atoms with Crippen molar-refractivity contribution >= 4 is 16.9 Å². The number of nitrogens with zero attached hydrogens (tertiary/aromatic N) is 3. The summed E-state index contributed by atoms with van der Waals surface area (Å²) >= 11 is 1.57. The molecule has 0 saturated carbocycles. The van der Waals surface area contributed by atoms with E-state index in [1.54, 1.807) is 11.8 Å². The lowest BCUT2D eigenvalue weighted by molar-refractivity contribution is 0.367. The third kappa shape index (κ3) is 3.59. The van der Waals surface area contributed by atoms with E-state index in [4.69, 9.17) is 5.26 Å². The number of hydrogen-bond acceptors (Lipinski definition) is 3. The minimum Gasteiger partial charge on any atom is -0.351 e. The average Bonchev–Trinajstić information content (AvgIpc) is 2.15. The van der Waals surface area contributed by atoms with Gasteiger partial charge in [-0.2, -0.15) is 5.26 Å². The van der Waals surface area contributed by atoms with Crippen LogP contribution in [-0.4, -0.2) is 29.4 Å². The van der Waals surface area contributed by atoms with E-state index in [1.807, 2.05) is 12.4 Å². The zero-order valence-electron chi connectivity index (χ0n) is 8.70. The number of amidine groups is 1. The molecule has 1 saturated heterocycles. The normalized spacial score (nSPS) is 19.7. The smallest absolute Gasteiger partial charge is 0.208 e. The molecule has 0 radical (unpaired) electrons. The van der Waals surface area contributed by atoms with Gasteiger partial charge in [0.05, 0.1) is 0 Å². The van der Waals surface area contributed by atoms with Gasteiger partial charge in [-0.05, 0) is 19.1 Å². The van der Waals surface area contributed by atoms with Crippen LogP contribution in [0.5, 0.6) is 0 Å². The Morgan fingerprint density at radius 3 is 2.29 bits per heavy atom. The predicted molar refractivity (Wildman–Crippen MR) is 61.2 cm³/mol. The van der Waals surface area contributed by atoms with E-state index in [0.29, 0.717) is 0 Å². The fourth-order valence-corrected chi connectivity index (χ4v) is 2.30. The second-order valence-corrected chi connectivity index (χ2v) is 4.23. The van der Waals surface area contributed by atoms with Crippen LogP contribution in [0.2, 0.25) is 0 Å². The summed E-state index contributed by atoms with van der Waals surface area (Å²) in [5.41, 5.74) is 0. The van der Waals surface area contributed by atoms with Crippen molar-refractivity contribution in [2.24, 2.45) is 4.99 Å². The Bertz CT molecular complexity index is 224. The van der Waals surface area contributed by atoms with Crippen LogP contribution < -0.4 is 0 Å². The highest BCUT2D eigenvalue weighted by molar-refractivity contribution is 8.13. The van der Waals surface area contributed by atoms with Gasteiger partial charge in [-0.25, -0.2) is 0 Å². The monoisotopic (exact) mass is 211 g/mol. The minimum atomic E-state index is 0.884. The van der Waals surface area contributed by atoms with Gasteiger partial charge in [0.2, 0.25) is 6.19 Å². The molecule has 0 spiro atoms. The Morgan fingerprint density at radius 2 is 1.79 bits per heavy atom. The van der Waals surface area contributed by atoms with Gasteiger partial charge < -0.3 is 4.90 Å². The molecule has 1 aliphatic rings. The Labute approximate surface area is 90.2 Å². The van der Waals surface area contributed by atoms with E-state index in [1.165, 1.54) is 32.1 Å². The summed E-state index contributed by atoms with van der Waals surface area (Å²) in [6.07, 6.45) is 10.3. The van der Waals surface area contributed by atoms with Crippen molar-refractivity contribution < 1.29 is 0 Å². The summed E-state index contributed by atoms with van der Waals surface area (Å²) < 4.78 is 0. The quantitative estimate of drug-likeness (QED) is 0.351. The summed E-state index contributed by atoms with van der Waals surface area (Å²) in [6.45, 7) is 2.11. The van der Waals surface area contributed by atoms with Crippen molar-refractivity contribution in [1.29, 1.82) is 5.26 Å². The van der Waals surface area contributed by atoms with Crippen LogP contribution in [-0.2, 0) is 0 Å². The molecule has 0 aromatic carbocycles. The molecular formula is C10H17N3S. The average molecular weight is 211 g/mol. The van der Waals surface area contributed by atoms with Gasteiger partial charge in [0, 0.05) is 13.1 Å². The number of likely N-dealkylation sites (tertiary alicyclic amines) is 1. The molecular weight excluding hydrogens is 194 g/mol. The van der Waals surface area contributed by atoms with E-state index in [2.05, 4.69) is 9.89 Å². The molecule has 1 heterocycles. The fourth-order valence-electron chi connectivity index (χ4n) is 1.73. The number of aliphatic imine (C=N–C) groups is 1. The third-order valence-corrected chi connectivity index (χ3v) is 3.17. The van der Waals surface area contributed by atoms with Gasteiger partial charge in [0.1, 0.15) is 0 Å². The van der Waals surface area contributed by atoms with E-state index in [9.17, 15) is 0 Å². The second kappa shape index (κ2) is 6.72. The fraction of sp³-hybridized carbons (Fsp3) is 0.800. The van der Waals surface area contributed by atoms with E-state index >= 15 is 0 Å². The molecule has 0 atom stereocenters. The van der Waals surface area contributed by atoms with Gasteiger partial charge in [-0.15, -0.1) is 4.99 Å². The summed E-state index contributed by atoms with van der Waals surface area (Å²) in [7, 11) is 0. The zero-order valence-corrected chi connectivity index (χ0v) is 9.52. The molecule has 0 N–H and O–H groups in total. The Balaban J connectivity index is 2.54. The van der Waals surface area contributed by atoms with Crippen molar-refractivity contribution in [2.45, 2.75) is 32.1 Å². The van der Waals surface area contributed by atoms with Crippen LogP contribution in [0.15, 0.2) is 4.99 Å². The van der Waals surface area contributed by atoms with Crippen molar-refractivity contribution in [2.75, 3.05) is 19.3 Å². The first-order valence-corrected chi connectivity index (χ1v) is 6.36. The molecule has 0 aromatic heterocycles. The van der Waals surface area contributed by atoms with Crippen molar-refractivity contribution in [3.63, 3.8) is 0 Å². The largest absolute Gasteiger partial charge is 0.351 e. The van der Waals surface area contributed by atoms with Crippen LogP contribution in [0.25, 0.3) is 0 Å². The SMILES string of the molecule is CSC(=NC#N)N1CCCCCCC1. The Hall–Kier alpha value is -0.690. The number of thioether (sulfide) groups is 1. The standard InChI is InChI=1S/C10H17N3S/c1-14-10(12-9-11)13-7-5-3-2-4-6-8-13/h2-8H2,1H3. The van der Waals surface area contributed by atoms with Gasteiger partial charge in [0.25, 0.3) is 0 Å². The topological polar surface area (TPSA) is 39.4 Å². The first-order chi connectivity index (χ1) is 6.88. The summed E-state index contributed by atoms with van der Waals surface area (Å²) in [4.78, 5) is 6.09. The van der Waals surface area contributed by atoms with E-state index < -0.39 is 0 Å². The number of hydrogen-bond donors (Lipinski definition) is 0. The zero-order chi connectivity index (χ0) is 10.2. The van der Waals surface area contributed by atoms with Crippen molar-refractivity contribution in [3.05, 3.63) is 0 Å². The van der Waals surface area contributed by atoms with Crippen LogP contribution in [0, 0.1) is 11.5 Å². The molecule has 0 unspecified atom stereocenters. The van der Waals surface area contributed by atoms with Crippen LogP contribution in [0.3, 0.4) is 0 Å². The summed E-state index contributed by atoms with van der Waals surface area (Å²) in [5.74, 6) is 0. The maximum Gasteiger partial charge on any atom is 0.208 e. The van der Waals surface area contributed by atoms with E-state index in [0.717, 1.165) is 18.3 Å². The highest BCUT2D eigenvalue weighted by atomic mass is 32.2. The van der Waals surface area contributed by atoms with E-state index in [-0.39, 0.29) is 0 Å². The molecule has 14 heavy (non-hydrogen) atoms. The molecule has 0 aliphatic carbocycles. The maximum atomic E-state index is 8.55. The molecule has 4 heteroatoms. The predicted octanol–water partition coefficient (Wildman–Crippen LogP) is 2.45. The lowest BCUT2D eigenvalue weighted by Crippen LogP contribution is -2.31. The first-order valence-electron chi connectivity index (χ1n) is 5.14. The highest BCUT2D eigenvalue weighted by Gasteiger charge is 2.11. The Morgan fingerprint density at radius 1 is 1.21 bits per heavy atom. The summed E-state index contributed by atoms with van der Waals surface area (Å²) in [6, 6.07) is 0. The molecule has 0 aromatic rings. The molecule has 3 nitrogen and oxygen atoms in total. The Kier molecular flexibility index (Phi) is 5.46. The minimum absolute atomic E-state index is 0.884. The molecule has 0 bridgehead atoms. The number of nitriles is 1. The van der Waals surface area contributed by atoms with Crippen LogP contribution in [0.1, 0.15) is 32.1 Å². The third-order valence-electron chi connectivity index (χ3n) is 2.45. The first kappa shape index (κ1) is 11.4. The van der Waals surface area contributed by atoms with Gasteiger partial charge in [0.15, 0.2) is 5.17 Å². The molecule has 1 fully saturated rings. The number of rotatable bonds is 0. The van der Waals surface area contributed by atoms with Crippen LogP contribution >= 0.6 is 11.8 Å². The second-order valence-electron chi connectivity index (χ2n) is 3.45.